The van der Waals surface area contributed by atoms with Crippen molar-refractivity contribution in [2.75, 3.05) is 25.5 Å². The highest BCUT2D eigenvalue weighted by Gasteiger charge is 2.18. The number of aromatic nitrogens is 4. The maximum Gasteiger partial charge on any atom is 0.203 e. The van der Waals surface area contributed by atoms with E-state index in [-0.39, 0.29) is 0 Å². The van der Waals surface area contributed by atoms with Gasteiger partial charge in [0, 0.05) is 31.5 Å². The Balaban J connectivity index is 1.59. The van der Waals surface area contributed by atoms with E-state index in [9.17, 15) is 0 Å². The number of anilines is 1. The molecule has 2 aromatic heterocycles. The fourth-order valence-electron chi connectivity index (χ4n) is 2.94. The summed E-state index contributed by atoms with van der Waals surface area (Å²) in [4.78, 5) is 6.82. The van der Waals surface area contributed by atoms with E-state index in [0.717, 1.165) is 36.4 Å². The lowest BCUT2D eigenvalue weighted by molar-refractivity contribution is 0.254. The minimum atomic E-state index is 0.760. The second-order valence-corrected chi connectivity index (χ2v) is 5.56. The Hall–Kier alpha value is -1.69. The fourth-order valence-corrected chi connectivity index (χ4v) is 2.94. The molecule has 1 aliphatic carbocycles. The molecule has 2 aromatic rings. The van der Waals surface area contributed by atoms with Crippen LogP contribution in [-0.4, -0.2) is 50.7 Å². The van der Waals surface area contributed by atoms with Crippen LogP contribution < -0.4 is 5.32 Å². The van der Waals surface area contributed by atoms with E-state index < -0.39 is 0 Å². The van der Waals surface area contributed by atoms with Crippen LogP contribution in [0.1, 0.15) is 31.5 Å². The number of nitrogens with one attached hydrogen (secondary N) is 1. The van der Waals surface area contributed by atoms with Crippen LogP contribution in [0, 0.1) is 6.92 Å². The van der Waals surface area contributed by atoms with E-state index in [1.165, 1.54) is 25.7 Å². The molecular formula is C14H22N6. The lowest BCUT2D eigenvalue weighted by Gasteiger charge is -2.24. The molecule has 0 aromatic carbocycles. The molecule has 0 amide bonds. The predicted octanol–water partition coefficient (Wildman–Crippen LogP) is 1.72. The lowest BCUT2D eigenvalue weighted by Crippen LogP contribution is -2.33. The van der Waals surface area contributed by atoms with E-state index in [4.69, 9.17) is 0 Å². The van der Waals surface area contributed by atoms with Crippen molar-refractivity contribution in [3.05, 3.63) is 18.2 Å². The van der Waals surface area contributed by atoms with Crippen LogP contribution in [0.3, 0.4) is 0 Å². The zero-order chi connectivity index (χ0) is 13.9. The topological polar surface area (TPSA) is 58.4 Å². The zero-order valence-electron chi connectivity index (χ0n) is 12.2. The highest BCUT2D eigenvalue weighted by atomic mass is 15.3. The largest absolute Gasteiger partial charge is 0.366 e. The van der Waals surface area contributed by atoms with Gasteiger partial charge in [-0.25, -0.2) is 4.98 Å². The van der Waals surface area contributed by atoms with Crippen molar-refractivity contribution < 1.29 is 0 Å². The molecule has 1 N–H and O–H groups in total. The van der Waals surface area contributed by atoms with Crippen molar-refractivity contribution in [3.8, 4) is 0 Å². The van der Waals surface area contributed by atoms with Gasteiger partial charge >= 0.3 is 0 Å². The van der Waals surface area contributed by atoms with Gasteiger partial charge in [0.15, 0.2) is 5.82 Å². The van der Waals surface area contributed by atoms with Gasteiger partial charge in [-0.3, -0.25) is 4.40 Å². The summed E-state index contributed by atoms with van der Waals surface area (Å²) in [6.07, 6.45) is 9.11. The number of aryl methyl sites for hydroxylation is 1. The number of hydrogen-bond donors (Lipinski definition) is 1. The average molecular weight is 274 g/mol. The minimum Gasteiger partial charge on any atom is -0.366 e. The maximum atomic E-state index is 4.36. The number of nitrogens with zero attached hydrogens (tertiary/aromatic N) is 5. The first-order chi connectivity index (χ1) is 9.75. The normalized spacial score (nSPS) is 16.4. The number of rotatable bonds is 5. The maximum absolute atomic E-state index is 4.36. The van der Waals surface area contributed by atoms with Crippen molar-refractivity contribution in [1.29, 1.82) is 0 Å². The summed E-state index contributed by atoms with van der Waals surface area (Å²) in [5.74, 6) is 1.70. The molecule has 6 nitrogen and oxygen atoms in total. The Morgan fingerprint density at radius 3 is 2.95 bits per heavy atom. The van der Waals surface area contributed by atoms with Gasteiger partial charge in [-0.05, 0) is 26.8 Å². The molecule has 1 saturated carbocycles. The molecule has 0 aliphatic heterocycles. The number of fused-ring (bicyclic) bond motifs is 1. The Kier molecular flexibility index (Phi) is 3.82. The second-order valence-electron chi connectivity index (χ2n) is 5.56. The van der Waals surface area contributed by atoms with Crippen molar-refractivity contribution in [3.63, 3.8) is 0 Å². The summed E-state index contributed by atoms with van der Waals surface area (Å²) in [5.41, 5.74) is 0.800. The van der Waals surface area contributed by atoms with Crippen molar-refractivity contribution in [2.45, 2.75) is 38.6 Å². The van der Waals surface area contributed by atoms with Gasteiger partial charge in [0.25, 0.3) is 0 Å². The van der Waals surface area contributed by atoms with Crippen LogP contribution in [0.25, 0.3) is 5.65 Å². The smallest absolute Gasteiger partial charge is 0.203 e. The average Bonchev–Trinajstić information content (AvgIpc) is 3.10. The zero-order valence-corrected chi connectivity index (χ0v) is 12.2. The third-order valence-corrected chi connectivity index (χ3v) is 4.20. The van der Waals surface area contributed by atoms with Gasteiger partial charge < -0.3 is 10.2 Å². The second kappa shape index (κ2) is 5.75. The molecule has 0 spiro atoms. The number of likely N-dealkylation sites (N-methyl/N-ethyl adjacent to an activating group) is 1. The van der Waals surface area contributed by atoms with Gasteiger partial charge in [0.05, 0.1) is 0 Å². The molecular weight excluding hydrogens is 252 g/mol. The molecule has 6 heteroatoms. The molecule has 1 aliphatic rings. The van der Waals surface area contributed by atoms with Crippen LogP contribution in [0.2, 0.25) is 0 Å². The first-order valence-electron chi connectivity index (χ1n) is 7.36. The van der Waals surface area contributed by atoms with Gasteiger partial charge in [-0.2, -0.15) is 0 Å². The van der Waals surface area contributed by atoms with Crippen LogP contribution in [0.15, 0.2) is 12.4 Å². The standard InChI is InChI=1S/C14H22N6/c1-11-17-18-14-13(16-8-10-20(11)14)15-7-9-19(2)12-5-3-4-6-12/h8,10,12H,3-7,9H2,1-2H3,(H,15,16). The van der Waals surface area contributed by atoms with Crippen molar-refractivity contribution in [2.24, 2.45) is 0 Å². The number of hydrogen-bond acceptors (Lipinski definition) is 5. The molecule has 0 radical (unpaired) electrons. The molecule has 0 atom stereocenters. The Labute approximate surface area is 119 Å². The highest BCUT2D eigenvalue weighted by Crippen LogP contribution is 2.22. The summed E-state index contributed by atoms with van der Waals surface area (Å²) in [7, 11) is 2.22. The van der Waals surface area contributed by atoms with Crippen molar-refractivity contribution >= 4 is 11.5 Å². The quantitative estimate of drug-likeness (QED) is 0.899. The van der Waals surface area contributed by atoms with E-state index in [2.05, 4.69) is 32.4 Å². The minimum absolute atomic E-state index is 0.760. The summed E-state index contributed by atoms with van der Waals surface area (Å²) in [6, 6.07) is 0.760. The Bertz CT molecular complexity index is 572. The summed E-state index contributed by atoms with van der Waals surface area (Å²) >= 11 is 0. The molecule has 108 valence electrons. The predicted molar refractivity (Wildman–Crippen MR) is 78.9 cm³/mol. The third-order valence-electron chi connectivity index (χ3n) is 4.20. The summed E-state index contributed by atoms with van der Waals surface area (Å²) < 4.78 is 1.95. The first kappa shape index (κ1) is 13.3. The molecule has 0 unspecified atom stereocenters. The van der Waals surface area contributed by atoms with E-state index >= 15 is 0 Å². The molecule has 3 rings (SSSR count). The van der Waals surface area contributed by atoms with Gasteiger partial charge in [0.1, 0.15) is 5.82 Å². The Morgan fingerprint density at radius 2 is 2.15 bits per heavy atom. The van der Waals surface area contributed by atoms with Gasteiger partial charge in [-0.1, -0.05) is 12.8 Å². The van der Waals surface area contributed by atoms with Crippen LogP contribution in [0.5, 0.6) is 0 Å². The monoisotopic (exact) mass is 274 g/mol. The molecule has 0 bridgehead atoms. The Morgan fingerprint density at radius 1 is 1.35 bits per heavy atom. The van der Waals surface area contributed by atoms with Crippen LogP contribution in [0.4, 0.5) is 5.82 Å². The molecule has 2 heterocycles. The SMILES string of the molecule is Cc1nnc2c(NCCN(C)C3CCCC3)nccn12. The molecule has 0 saturated heterocycles. The van der Waals surface area contributed by atoms with Crippen LogP contribution in [-0.2, 0) is 0 Å². The first-order valence-corrected chi connectivity index (χ1v) is 7.36. The summed E-state index contributed by atoms with van der Waals surface area (Å²) in [5, 5.41) is 11.6. The lowest BCUT2D eigenvalue weighted by atomic mass is 10.2. The summed E-state index contributed by atoms with van der Waals surface area (Å²) in [6.45, 7) is 3.85. The van der Waals surface area contributed by atoms with Gasteiger partial charge in [-0.15, -0.1) is 10.2 Å². The fraction of sp³-hybridized carbons (Fsp3) is 0.643. The van der Waals surface area contributed by atoms with E-state index in [0.29, 0.717) is 0 Å². The van der Waals surface area contributed by atoms with Crippen LogP contribution >= 0.6 is 0 Å². The molecule has 20 heavy (non-hydrogen) atoms. The van der Waals surface area contributed by atoms with E-state index in [1.807, 2.05) is 17.5 Å². The van der Waals surface area contributed by atoms with E-state index in [1.54, 1.807) is 6.20 Å². The third kappa shape index (κ3) is 2.60. The van der Waals surface area contributed by atoms with Crippen molar-refractivity contribution in [1.82, 2.24) is 24.5 Å². The van der Waals surface area contributed by atoms with Gasteiger partial charge in [0.2, 0.25) is 5.65 Å². The molecule has 1 fully saturated rings. The highest BCUT2D eigenvalue weighted by molar-refractivity contribution is 5.61.